The van der Waals surface area contributed by atoms with Crippen LogP contribution in [0.2, 0.25) is 5.02 Å². The fourth-order valence-corrected chi connectivity index (χ4v) is 2.13. The highest BCUT2D eigenvalue weighted by Crippen LogP contribution is 2.21. The smallest absolute Gasteiger partial charge is 0.123 e. The molecule has 5 nitrogen and oxygen atoms in total. The summed E-state index contributed by atoms with van der Waals surface area (Å²) in [4.78, 5) is 0. The van der Waals surface area contributed by atoms with Crippen LogP contribution in [0.3, 0.4) is 0 Å². The van der Waals surface area contributed by atoms with Gasteiger partial charge in [0.1, 0.15) is 30.8 Å². The van der Waals surface area contributed by atoms with Crippen LogP contribution in [0.5, 0.6) is 11.5 Å². The van der Waals surface area contributed by atoms with Crippen molar-refractivity contribution in [3.8, 4) is 11.5 Å². The molecule has 0 heterocycles. The van der Waals surface area contributed by atoms with Crippen molar-refractivity contribution in [2.75, 3.05) is 26.3 Å². The lowest BCUT2D eigenvalue weighted by Crippen LogP contribution is -2.32. The second kappa shape index (κ2) is 10.2. The first-order valence-corrected chi connectivity index (χ1v) is 8.15. The molecule has 0 bridgehead atoms. The van der Waals surface area contributed by atoms with Gasteiger partial charge >= 0.3 is 0 Å². The summed E-state index contributed by atoms with van der Waals surface area (Å²) in [5.41, 5.74) is 1.02. The number of nitrogens with one attached hydrogen (secondary N) is 1. The molecule has 2 aromatic rings. The normalized spacial score (nSPS) is 12.0. The molecule has 24 heavy (non-hydrogen) atoms. The van der Waals surface area contributed by atoms with E-state index >= 15 is 0 Å². The Morgan fingerprint density at radius 1 is 1.04 bits per heavy atom. The molecule has 0 aliphatic heterocycles. The van der Waals surface area contributed by atoms with Gasteiger partial charge in [0.15, 0.2) is 0 Å². The maximum absolute atomic E-state index is 9.77. The molecule has 0 amide bonds. The van der Waals surface area contributed by atoms with Gasteiger partial charge in [-0.05, 0) is 29.8 Å². The molecule has 0 spiro atoms. The van der Waals surface area contributed by atoms with Crippen LogP contribution in [0, 0.1) is 0 Å². The summed E-state index contributed by atoms with van der Waals surface area (Å²) in [6, 6.07) is 14.8. The first-order chi connectivity index (χ1) is 11.7. The van der Waals surface area contributed by atoms with Gasteiger partial charge in [0.25, 0.3) is 0 Å². The standard InChI is InChI=1S/C18H22ClNO4/c19-15-6-4-14(5-7-15)12-23-17-2-1-3-18(10-17)24-13-16(22)11-20-8-9-21/h1-7,10,16,20-22H,8-9,11-13H2/t16-/m1/s1. The third kappa shape index (κ3) is 6.76. The molecule has 0 aliphatic rings. The molecule has 3 N–H and O–H groups in total. The van der Waals surface area contributed by atoms with Crippen molar-refractivity contribution >= 4 is 11.6 Å². The zero-order chi connectivity index (χ0) is 17.2. The second-order valence-corrected chi connectivity index (χ2v) is 5.72. The zero-order valence-corrected chi connectivity index (χ0v) is 14.1. The van der Waals surface area contributed by atoms with E-state index in [1.807, 2.05) is 42.5 Å². The van der Waals surface area contributed by atoms with Crippen LogP contribution in [-0.4, -0.2) is 42.6 Å². The van der Waals surface area contributed by atoms with Gasteiger partial charge in [-0.3, -0.25) is 0 Å². The Balaban J connectivity index is 1.79. The van der Waals surface area contributed by atoms with Crippen molar-refractivity contribution in [2.45, 2.75) is 12.7 Å². The van der Waals surface area contributed by atoms with Crippen LogP contribution >= 0.6 is 11.6 Å². The predicted molar refractivity (Wildman–Crippen MR) is 93.7 cm³/mol. The zero-order valence-electron chi connectivity index (χ0n) is 13.3. The van der Waals surface area contributed by atoms with Crippen LogP contribution in [-0.2, 0) is 6.61 Å². The Kier molecular flexibility index (Phi) is 7.85. The minimum atomic E-state index is -0.643. The van der Waals surface area contributed by atoms with E-state index in [-0.39, 0.29) is 13.2 Å². The van der Waals surface area contributed by atoms with Crippen molar-refractivity contribution in [3.63, 3.8) is 0 Å². The number of rotatable bonds is 10. The van der Waals surface area contributed by atoms with Crippen LogP contribution in [0.1, 0.15) is 5.56 Å². The number of hydrogen-bond acceptors (Lipinski definition) is 5. The predicted octanol–water partition coefficient (Wildman–Crippen LogP) is 2.24. The molecule has 130 valence electrons. The Morgan fingerprint density at radius 3 is 2.46 bits per heavy atom. The molecule has 0 fully saturated rings. The average molecular weight is 352 g/mol. The quantitative estimate of drug-likeness (QED) is 0.573. The van der Waals surface area contributed by atoms with Gasteiger partial charge < -0.3 is 25.0 Å². The first-order valence-electron chi connectivity index (χ1n) is 7.77. The maximum Gasteiger partial charge on any atom is 0.123 e. The maximum atomic E-state index is 9.77. The summed E-state index contributed by atoms with van der Waals surface area (Å²) >= 11 is 5.86. The highest BCUT2D eigenvalue weighted by Gasteiger charge is 2.05. The summed E-state index contributed by atoms with van der Waals surface area (Å²) in [5.74, 6) is 1.32. The minimum Gasteiger partial charge on any atom is -0.491 e. The molecule has 0 aliphatic carbocycles. The van der Waals surface area contributed by atoms with Gasteiger partial charge in [-0.15, -0.1) is 0 Å². The summed E-state index contributed by atoms with van der Waals surface area (Å²) < 4.78 is 11.3. The lowest BCUT2D eigenvalue weighted by atomic mass is 10.2. The van der Waals surface area contributed by atoms with Gasteiger partial charge in [0, 0.05) is 24.2 Å². The molecule has 0 unspecified atom stereocenters. The first kappa shape index (κ1) is 18.5. The van der Waals surface area contributed by atoms with Crippen molar-refractivity contribution in [3.05, 3.63) is 59.1 Å². The van der Waals surface area contributed by atoms with E-state index in [0.29, 0.717) is 36.2 Å². The summed E-state index contributed by atoms with van der Waals surface area (Å²) in [6.07, 6.45) is -0.643. The number of hydrogen-bond donors (Lipinski definition) is 3. The van der Waals surface area contributed by atoms with Gasteiger partial charge in [0.05, 0.1) is 6.61 Å². The van der Waals surface area contributed by atoms with E-state index in [1.54, 1.807) is 6.07 Å². The minimum absolute atomic E-state index is 0.0422. The Hall–Kier alpha value is -1.79. The molecule has 2 rings (SSSR count). The number of aliphatic hydroxyl groups is 2. The van der Waals surface area contributed by atoms with E-state index in [1.165, 1.54) is 0 Å². The fraction of sp³-hybridized carbons (Fsp3) is 0.333. The van der Waals surface area contributed by atoms with E-state index in [9.17, 15) is 5.11 Å². The molecule has 2 aromatic carbocycles. The van der Waals surface area contributed by atoms with Gasteiger partial charge in [-0.2, -0.15) is 0 Å². The molecular weight excluding hydrogens is 330 g/mol. The number of aliphatic hydroxyl groups excluding tert-OH is 2. The molecular formula is C18H22ClNO4. The van der Waals surface area contributed by atoms with E-state index in [4.69, 9.17) is 26.2 Å². The molecule has 0 radical (unpaired) electrons. The summed E-state index contributed by atoms with van der Waals surface area (Å²) in [7, 11) is 0. The van der Waals surface area contributed by atoms with Crippen molar-refractivity contribution in [1.29, 1.82) is 0 Å². The molecule has 0 saturated carbocycles. The Bertz CT molecular complexity index is 606. The highest BCUT2D eigenvalue weighted by atomic mass is 35.5. The number of halogens is 1. The number of benzene rings is 2. The van der Waals surface area contributed by atoms with Crippen molar-refractivity contribution < 1.29 is 19.7 Å². The van der Waals surface area contributed by atoms with Crippen LogP contribution in [0.4, 0.5) is 0 Å². The SMILES string of the molecule is OCCNC[C@@H](O)COc1cccc(OCc2ccc(Cl)cc2)c1. The van der Waals surface area contributed by atoms with E-state index < -0.39 is 6.10 Å². The van der Waals surface area contributed by atoms with Gasteiger partial charge in [0.2, 0.25) is 0 Å². The topological polar surface area (TPSA) is 71.0 Å². The summed E-state index contributed by atoms with van der Waals surface area (Å²) in [5, 5.41) is 22.0. The monoisotopic (exact) mass is 351 g/mol. The summed E-state index contributed by atoms with van der Waals surface area (Å²) in [6.45, 7) is 1.46. The Morgan fingerprint density at radius 2 is 1.75 bits per heavy atom. The Labute approximate surface area is 146 Å². The largest absolute Gasteiger partial charge is 0.491 e. The molecule has 1 atom stereocenters. The van der Waals surface area contributed by atoms with Crippen LogP contribution in [0.15, 0.2) is 48.5 Å². The molecule has 0 saturated heterocycles. The van der Waals surface area contributed by atoms with Gasteiger partial charge in [-0.1, -0.05) is 29.8 Å². The highest BCUT2D eigenvalue weighted by molar-refractivity contribution is 6.30. The van der Waals surface area contributed by atoms with E-state index in [0.717, 1.165) is 5.56 Å². The van der Waals surface area contributed by atoms with Crippen LogP contribution in [0.25, 0.3) is 0 Å². The molecule has 0 aromatic heterocycles. The fourth-order valence-electron chi connectivity index (χ4n) is 2.00. The van der Waals surface area contributed by atoms with E-state index in [2.05, 4.69) is 5.32 Å². The second-order valence-electron chi connectivity index (χ2n) is 5.28. The molecule has 6 heteroatoms. The van der Waals surface area contributed by atoms with Crippen molar-refractivity contribution in [1.82, 2.24) is 5.32 Å². The third-order valence-electron chi connectivity index (χ3n) is 3.24. The average Bonchev–Trinajstić information content (AvgIpc) is 2.60. The number of ether oxygens (including phenoxy) is 2. The van der Waals surface area contributed by atoms with Crippen LogP contribution < -0.4 is 14.8 Å². The van der Waals surface area contributed by atoms with Gasteiger partial charge in [-0.25, -0.2) is 0 Å². The lowest BCUT2D eigenvalue weighted by molar-refractivity contribution is 0.105. The van der Waals surface area contributed by atoms with Crippen molar-refractivity contribution in [2.24, 2.45) is 0 Å². The third-order valence-corrected chi connectivity index (χ3v) is 3.49. The lowest BCUT2D eigenvalue weighted by Gasteiger charge is -2.14.